The number of nitrogens with zero attached hydrogens (tertiary/aromatic N) is 3. The van der Waals surface area contributed by atoms with E-state index in [0.29, 0.717) is 6.04 Å². The fourth-order valence-corrected chi connectivity index (χ4v) is 1.99. The number of hydrogen-bond donors (Lipinski definition) is 1. The van der Waals surface area contributed by atoms with Gasteiger partial charge in [-0.25, -0.2) is 4.68 Å². The number of ether oxygens (including phenoxy) is 1. The minimum atomic E-state index is 0.582. The molecule has 0 aliphatic heterocycles. The first kappa shape index (κ1) is 12.0. The van der Waals surface area contributed by atoms with Gasteiger partial charge in [0.15, 0.2) is 0 Å². The summed E-state index contributed by atoms with van der Waals surface area (Å²) in [5.41, 5.74) is 1.18. The van der Waals surface area contributed by atoms with Crippen LogP contribution in [-0.2, 0) is 6.54 Å². The summed E-state index contributed by atoms with van der Waals surface area (Å²) >= 11 is 0. The maximum absolute atomic E-state index is 5.16. The van der Waals surface area contributed by atoms with Crippen LogP contribution in [0.1, 0.15) is 24.2 Å². The number of aromatic nitrogens is 3. The van der Waals surface area contributed by atoms with E-state index >= 15 is 0 Å². The predicted molar refractivity (Wildman–Crippen MR) is 73.5 cm³/mol. The zero-order valence-electron chi connectivity index (χ0n) is 11.3. The average Bonchev–Trinajstić information content (AvgIpc) is 3.15. The Morgan fingerprint density at radius 3 is 2.68 bits per heavy atom. The molecule has 0 spiro atoms. The largest absolute Gasteiger partial charge is 0.497 e. The van der Waals surface area contributed by atoms with E-state index < -0.39 is 0 Å². The van der Waals surface area contributed by atoms with Gasteiger partial charge in [-0.2, -0.15) is 10.1 Å². The SMILES string of the molecule is COc1ccc(Cn2nc(C)nc2NC2CC2)cc1. The number of rotatable bonds is 5. The van der Waals surface area contributed by atoms with Crippen LogP contribution >= 0.6 is 0 Å². The van der Waals surface area contributed by atoms with Crippen LogP contribution in [-0.4, -0.2) is 27.9 Å². The van der Waals surface area contributed by atoms with Crippen LogP contribution in [0.2, 0.25) is 0 Å². The van der Waals surface area contributed by atoms with E-state index in [1.807, 2.05) is 23.7 Å². The third-order valence-corrected chi connectivity index (χ3v) is 3.18. The van der Waals surface area contributed by atoms with Crippen LogP contribution in [0.5, 0.6) is 5.75 Å². The maximum Gasteiger partial charge on any atom is 0.221 e. The van der Waals surface area contributed by atoms with E-state index in [9.17, 15) is 0 Å². The number of anilines is 1. The molecule has 0 saturated heterocycles. The van der Waals surface area contributed by atoms with Gasteiger partial charge in [0.2, 0.25) is 5.95 Å². The van der Waals surface area contributed by atoms with Crippen molar-refractivity contribution in [1.29, 1.82) is 0 Å². The summed E-state index contributed by atoms with van der Waals surface area (Å²) in [5, 5.41) is 7.85. The van der Waals surface area contributed by atoms with Crippen LogP contribution in [0.25, 0.3) is 0 Å². The lowest BCUT2D eigenvalue weighted by molar-refractivity contribution is 0.414. The number of benzene rings is 1. The highest BCUT2D eigenvalue weighted by Gasteiger charge is 2.23. The molecule has 1 aliphatic carbocycles. The molecule has 100 valence electrons. The maximum atomic E-state index is 5.16. The summed E-state index contributed by atoms with van der Waals surface area (Å²) in [4.78, 5) is 4.44. The number of methoxy groups -OCH3 is 1. The first-order valence-corrected chi connectivity index (χ1v) is 6.55. The minimum absolute atomic E-state index is 0.582. The smallest absolute Gasteiger partial charge is 0.221 e. The Bertz CT molecular complexity index is 557. The molecule has 0 atom stereocenters. The summed E-state index contributed by atoms with van der Waals surface area (Å²) in [6.07, 6.45) is 2.46. The Balaban J connectivity index is 1.77. The van der Waals surface area contributed by atoms with Crippen molar-refractivity contribution in [2.24, 2.45) is 0 Å². The second-order valence-electron chi connectivity index (χ2n) is 4.91. The fraction of sp³-hybridized carbons (Fsp3) is 0.429. The van der Waals surface area contributed by atoms with Crippen molar-refractivity contribution in [2.75, 3.05) is 12.4 Å². The average molecular weight is 258 g/mol. The second kappa shape index (κ2) is 4.91. The predicted octanol–water partition coefficient (Wildman–Crippen LogP) is 2.22. The van der Waals surface area contributed by atoms with Gasteiger partial charge in [0, 0.05) is 6.04 Å². The Morgan fingerprint density at radius 2 is 2.05 bits per heavy atom. The van der Waals surface area contributed by atoms with Crippen molar-refractivity contribution in [3.63, 3.8) is 0 Å². The van der Waals surface area contributed by atoms with Gasteiger partial charge in [-0.15, -0.1) is 0 Å². The van der Waals surface area contributed by atoms with Crippen molar-refractivity contribution < 1.29 is 4.74 Å². The van der Waals surface area contributed by atoms with Gasteiger partial charge in [-0.3, -0.25) is 0 Å². The molecular formula is C14H18N4O. The lowest BCUT2D eigenvalue weighted by Gasteiger charge is -2.08. The molecule has 3 rings (SSSR count). The van der Waals surface area contributed by atoms with Crippen LogP contribution in [0.15, 0.2) is 24.3 Å². The third kappa shape index (κ3) is 2.86. The number of aryl methyl sites for hydroxylation is 1. The molecule has 2 aromatic rings. The van der Waals surface area contributed by atoms with E-state index in [0.717, 1.165) is 24.1 Å². The first-order valence-electron chi connectivity index (χ1n) is 6.55. The van der Waals surface area contributed by atoms with Crippen molar-refractivity contribution in [3.05, 3.63) is 35.7 Å². The lowest BCUT2D eigenvalue weighted by atomic mass is 10.2. The monoisotopic (exact) mass is 258 g/mol. The Hall–Kier alpha value is -2.04. The minimum Gasteiger partial charge on any atom is -0.497 e. The van der Waals surface area contributed by atoms with E-state index in [2.05, 4.69) is 27.5 Å². The van der Waals surface area contributed by atoms with E-state index in [1.54, 1.807) is 7.11 Å². The fourth-order valence-electron chi connectivity index (χ4n) is 1.99. The summed E-state index contributed by atoms with van der Waals surface area (Å²) < 4.78 is 7.09. The highest BCUT2D eigenvalue weighted by Crippen LogP contribution is 2.24. The normalized spacial score (nSPS) is 14.4. The highest BCUT2D eigenvalue weighted by molar-refractivity contribution is 5.32. The van der Waals surface area contributed by atoms with Crippen molar-refractivity contribution >= 4 is 5.95 Å². The van der Waals surface area contributed by atoms with E-state index in [4.69, 9.17) is 4.74 Å². The zero-order valence-corrected chi connectivity index (χ0v) is 11.3. The summed E-state index contributed by atoms with van der Waals surface area (Å²) in [6.45, 7) is 2.64. The molecule has 0 amide bonds. The molecular weight excluding hydrogens is 240 g/mol. The molecule has 5 nitrogen and oxygen atoms in total. The van der Waals surface area contributed by atoms with Gasteiger partial charge < -0.3 is 10.1 Å². The van der Waals surface area contributed by atoms with Crippen molar-refractivity contribution in [1.82, 2.24) is 14.8 Å². The van der Waals surface area contributed by atoms with E-state index in [-0.39, 0.29) is 0 Å². The van der Waals surface area contributed by atoms with Gasteiger partial charge >= 0.3 is 0 Å². The van der Waals surface area contributed by atoms with Crippen LogP contribution in [0.4, 0.5) is 5.95 Å². The van der Waals surface area contributed by atoms with Gasteiger partial charge in [0.1, 0.15) is 11.6 Å². The van der Waals surface area contributed by atoms with Gasteiger partial charge in [0.05, 0.1) is 13.7 Å². The highest BCUT2D eigenvalue weighted by atomic mass is 16.5. The Morgan fingerprint density at radius 1 is 1.32 bits per heavy atom. The Kier molecular flexibility index (Phi) is 3.11. The van der Waals surface area contributed by atoms with Crippen LogP contribution in [0, 0.1) is 6.92 Å². The molecule has 1 aliphatic rings. The summed E-state index contributed by atoms with van der Waals surface area (Å²) in [6, 6.07) is 8.62. The van der Waals surface area contributed by atoms with Crippen LogP contribution < -0.4 is 10.1 Å². The summed E-state index contributed by atoms with van der Waals surface area (Å²) in [7, 11) is 1.67. The molecule has 19 heavy (non-hydrogen) atoms. The topological polar surface area (TPSA) is 52.0 Å². The molecule has 1 fully saturated rings. The van der Waals surface area contributed by atoms with Crippen LogP contribution in [0.3, 0.4) is 0 Å². The first-order chi connectivity index (χ1) is 9.24. The van der Waals surface area contributed by atoms with Crippen molar-refractivity contribution in [2.45, 2.75) is 32.4 Å². The molecule has 5 heteroatoms. The molecule has 1 heterocycles. The molecule has 0 radical (unpaired) electrons. The molecule has 1 aromatic carbocycles. The summed E-state index contributed by atoms with van der Waals surface area (Å²) in [5.74, 6) is 2.54. The molecule has 1 N–H and O–H groups in total. The van der Waals surface area contributed by atoms with Crippen molar-refractivity contribution in [3.8, 4) is 5.75 Å². The number of nitrogens with one attached hydrogen (secondary N) is 1. The standard InChI is InChI=1S/C14H18N4O/c1-10-15-14(16-12-5-6-12)18(17-10)9-11-3-7-13(19-2)8-4-11/h3-4,7-8,12H,5-6,9H2,1-2H3,(H,15,16,17). The second-order valence-corrected chi connectivity index (χ2v) is 4.91. The zero-order chi connectivity index (χ0) is 13.2. The third-order valence-electron chi connectivity index (χ3n) is 3.18. The number of hydrogen-bond acceptors (Lipinski definition) is 4. The lowest BCUT2D eigenvalue weighted by Crippen LogP contribution is -2.11. The van der Waals surface area contributed by atoms with Gasteiger partial charge in [0.25, 0.3) is 0 Å². The molecule has 1 saturated carbocycles. The molecule has 0 unspecified atom stereocenters. The molecule has 0 bridgehead atoms. The van der Waals surface area contributed by atoms with E-state index in [1.165, 1.54) is 18.4 Å². The van der Waals surface area contributed by atoms with Gasteiger partial charge in [-0.05, 0) is 37.5 Å². The quantitative estimate of drug-likeness (QED) is 0.893. The molecule has 1 aromatic heterocycles. The Labute approximate surface area is 112 Å². The van der Waals surface area contributed by atoms with Gasteiger partial charge in [-0.1, -0.05) is 12.1 Å².